The zero-order valence-corrected chi connectivity index (χ0v) is 18.1. The number of guanidine groups is 1. The minimum atomic E-state index is -0.106. The Labute approximate surface area is 182 Å². The Morgan fingerprint density at radius 2 is 1.97 bits per heavy atom. The fourth-order valence-electron chi connectivity index (χ4n) is 4.16. The van der Waals surface area contributed by atoms with Gasteiger partial charge in [0, 0.05) is 18.7 Å². The van der Waals surface area contributed by atoms with Crippen LogP contribution in [-0.4, -0.2) is 34.2 Å². The van der Waals surface area contributed by atoms with Crippen molar-refractivity contribution in [2.24, 2.45) is 5.73 Å². The summed E-state index contributed by atoms with van der Waals surface area (Å²) >= 11 is 0. The van der Waals surface area contributed by atoms with E-state index >= 15 is 0 Å². The fraction of sp³-hybridized carbons (Fsp3) is 0.375. The third-order valence-corrected chi connectivity index (χ3v) is 5.58. The van der Waals surface area contributed by atoms with Gasteiger partial charge in [-0.15, -0.1) is 0 Å². The van der Waals surface area contributed by atoms with Crippen LogP contribution in [0.1, 0.15) is 54.0 Å². The molecule has 7 nitrogen and oxygen atoms in total. The molecule has 0 unspecified atom stereocenters. The minimum absolute atomic E-state index is 0.0483. The Hall–Kier alpha value is -3.19. The molecule has 162 valence electrons. The van der Waals surface area contributed by atoms with Gasteiger partial charge in [-0.25, -0.2) is 0 Å². The maximum atomic E-state index is 7.72. The van der Waals surface area contributed by atoms with E-state index in [1.807, 2.05) is 24.0 Å². The third-order valence-electron chi connectivity index (χ3n) is 5.58. The Bertz CT molecular complexity index is 1040. The average molecular weight is 420 g/mol. The highest BCUT2D eigenvalue weighted by atomic mass is 16.5. The van der Waals surface area contributed by atoms with Crippen molar-refractivity contribution in [1.29, 1.82) is 5.41 Å². The lowest BCUT2D eigenvalue weighted by molar-refractivity contribution is 0.134. The van der Waals surface area contributed by atoms with E-state index in [9.17, 15) is 0 Å². The topological polar surface area (TPSA) is 101 Å². The normalized spacial score (nSPS) is 16.1. The maximum absolute atomic E-state index is 7.72. The van der Waals surface area contributed by atoms with Crippen molar-refractivity contribution in [1.82, 2.24) is 15.0 Å². The number of likely N-dealkylation sites (tertiary alicyclic amines) is 1. The molecule has 0 radical (unpaired) electrons. The second kappa shape index (κ2) is 9.31. The third kappa shape index (κ3) is 4.94. The summed E-state index contributed by atoms with van der Waals surface area (Å²) in [6, 6.07) is 14.8. The first-order valence-electron chi connectivity index (χ1n) is 10.7. The number of nitrogens with one attached hydrogen (secondary N) is 1. The number of hydrogen-bond acceptors (Lipinski definition) is 5. The monoisotopic (exact) mass is 419 g/mol. The Balaban J connectivity index is 1.46. The van der Waals surface area contributed by atoms with E-state index in [0.29, 0.717) is 18.3 Å². The van der Waals surface area contributed by atoms with Crippen LogP contribution in [-0.2, 0) is 17.8 Å². The first-order valence-corrected chi connectivity index (χ1v) is 10.7. The Morgan fingerprint density at radius 3 is 2.71 bits per heavy atom. The number of hydrogen-bond donors (Lipinski definition) is 2. The highest BCUT2D eigenvalue weighted by Crippen LogP contribution is 2.31. The molecule has 3 aromatic rings. The molecule has 0 amide bonds. The van der Waals surface area contributed by atoms with E-state index < -0.39 is 0 Å². The average Bonchev–Trinajstić information content (AvgIpc) is 3.42. The molecule has 2 heterocycles. The van der Waals surface area contributed by atoms with Crippen molar-refractivity contribution >= 4 is 5.96 Å². The summed E-state index contributed by atoms with van der Waals surface area (Å²) in [6.45, 7) is 6.24. The summed E-state index contributed by atoms with van der Waals surface area (Å²) < 4.78 is 11.1. The molecule has 2 aromatic carbocycles. The van der Waals surface area contributed by atoms with Gasteiger partial charge in [0.15, 0.2) is 5.96 Å². The van der Waals surface area contributed by atoms with Crippen molar-refractivity contribution in [3.8, 4) is 11.4 Å². The molecular formula is C24H29N5O2. The van der Waals surface area contributed by atoms with Gasteiger partial charge in [-0.3, -0.25) is 5.41 Å². The zero-order chi connectivity index (χ0) is 21.8. The van der Waals surface area contributed by atoms with Gasteiger partial charge in [-0.05, 0) is 49.8 Å². The summed E-state index contributed by atoms with van der Waals surface area (Å²) in [6.07, 6.45) is 2.68. The first-order chi connectivity index (χ1) is 15.0. The molecule has 0 spiro atoms. The fourth-order valence-corrected chi connectivity index (χ4v) is 4.16. The van der Waals surface area contributed by atoms with Crippen LogP contribution in [0.2, 0.25) is 0 Å². The number of rotatable bonds is 7. The van der Waals surface area contributed by atoms with Gasteiger partial charge in [0.05, 0.1) is 6.61 Å². The molecule has 3 N–H and O–H groups in total. The van der Waals surface area contributed by atoms with Crippen LogP contribution in [0.5, 0.6) is 0 Å². The van der Waals surface area contributed by atoms with Gasteiger partial charge >= 0.3 is 0 Å². The van der Waals surface area contributed by atoms with Gasteiger partial charge < -0.3 is 19.9 Å². The second-order valence-electron chi connectivity index (χ2n) is 8.03. The van der Waals surface area contributed by atoms with Crippen molar-refractivity contribution in [2.75, 3.05) is 13.2 Å². The quantitative estimate of drug-likeness (QED) is 0.440. The molecule has 1 aliphatic heterocycles. The van der Waals surface area contributed by atoms with Crippen LogP contribution >= 0.6 is 0 Å². The number of aromatic nitrogens is 2. The largest absolute Gasteiger partial charge is 0.377 e. The van der Waals surface area contributed by atoms with Crippen LogP contribution in [0.25, 0.3) is 11.4 Å². The lowest BCUT2D eigenvalue weighted by atomic mass is 9.99. The van der Waals surface area contributed by atoms with Crippen LogP contribution in [0.4, 0.5) is 0 Å². The van der Waals surface area contributed by atoms with Gasteiger partial charge in [0.1, 0.15) is 6.04 Å². The van der Waals surface area contributed by atoms with Gasteiger partial charge in [0.2, 0.25) is 11.7 Å². The lowest BCUT2D eigenvalue weighted by Gasteiger charge is -2.21. The smallest absolute Gasteiger partial charge is 0.249 e. The van der Waals surface area contributed by atoms with E-state index in [1.54, 1.807) is 0 Å². The molecule has 1 saturated heterocycles. The van der Waals surface area contributed by atoms with Crippen molar-refractivity contribution in [3.63, 3.8) is 0 Å². The van der Waals surface area contributed by atoms with Crippen LogP contribution in [0.3, 0.4) is 0 Å². The van der Waals surface area contributed by atoms with E-state index in [1.165, 1.54) is 22.3 Å². The van der Waals surface area contributed by atoms with Crippen LogP contribution in [0.15, 0.2) is 47.0 Å². The predicted octanol–water partition coefficient (Wildman–Crippen LogP) is 4.20. The van der Waals surface area contributed by atoms with Crippen molar-refractivity contribution in [2.45, 2.75) is 45.8 Å². The molecule has 1 fully saturated rings. The van der Waals surface area contributed by atoms with Crippen LogP contribution < -0.4 is 5.73 Å². The first kappa shape index (κ1) is 21.1. The van der Waals surface area contributed by atoms with Crippen molar-refractivity contribution in [3.05, 3.63) is 70.6 Å². The molecule has 4 rings (SSSR count). The van der Waals surface area contributed by atoms with Gasteiger partial charge in [-0.1, -0.05) is 53.2 Å². The van der Waals surface area contributed by atoms with Crippen LogP contribution in [0, 0.1) is 12.3 Å². The molecule has 1 aromatic heterocycles. The predicted molar refractivity (Wildman–Crippen MR) is 120 cm³/mol. The van der Waals surface area contributed by atoms with Gasteiger partial charge in [0.25, 0.3) is 0 Å². The van der Waals surface area contributed by atoms with Gasteiger partial charge in [-0.2, -0.15) is 4.98 Å². The molecular weight excluding hydrogens is 390 g/mol. The summed E-state index contributed by atoms with van der Waals surface area (Å²) in [4.78, 5) is 6.38. The molecule has 0 saturated carbocycles. The summed E-state index contributed by atoms with van der Waals surface area (Å²) in [5, 5.41) is 11.9. The number of benzene rings is 2. The SMILES string of the molecule is CCOCc1cc(C)cc(Cc2ccc(-c3noc([C@@H]4CCCN4C(=N)N)n3)cc2)c1. The molecule has 0 bridgehead atoms. The molecule has 7 heteroatoms. The number of nitrogens with zero attached hydrogens (tertiary/aromatic N) is 3. The summed E-state index contributed by atoms with van der Waals surface area (Å²) in [5.74, 6) is 1.13. The Morgan fingerprint density at radius 1 is 1.19 bits per heavy atom. The summed E-state index contributed by atoms with van der Waals surface area (Å²) in [5.41, 5.74) is 11.5. The van der Waals surface area contributed by atoms with E-state index in [2.05, 4.69) is 47.4 Å². The maximum Gasteiger partial charge on any atom is 0.249 e. The Kier molecular flexibility index (Phi) is 6.32. The van der Waals surface area contributed by atoms with E-state index in [0.717, 1.165) is 38.0 Å². The zero-order valence-electron chi connectivity index (χ0n) is 18.1. The molecule has 1 atom stereocenters. The highest BCUT2D eigenvalue weighted by molar-refractivity contribution is 5.75. The molecule has 0 aliphatic carbocycles. The van der Waals surface area contributed by atoms with E-state index in [-0.39, 0.29) is 12.0 Å². The minimum Gasteiger partial charge on any atom is -0.377 e. The van der Waals surface area contributed by atoms with E-state index in [4.69, 9.17) is 20.4 Å². The molecule has 31 heavy (non-hydrogen) atoms. The van der Waals surface area contributed by atoms with Crippen molar-refractivity contribution < 1.29 is 9.26 Å². The number of nitrogens with two attached hydrogens (primary N) is 1. The highest BCUT2D eigenvalue weighted by Gasteiger charge is 2.31. The number of aryl methyl sites for hydroxylation is 1. The summed E-state index contributed by atoms with van der Waals surface area (Å²) in [7, 11) is 0. The molecule has 1 aliphatic rings. The number of ether oxygens (including phenoxy) is 1. The lowest BCUT2D eigenvalue weighted by Crippen LogP contribution is -2.35. The standard InChI is InChI=1S/C24H29N5O2/c1-3-30-15-19-12-16(2)11-18(14-19)13-17-6-8-20(9-7-17)22-27-23(31-28-22)21-5-4-10-29(21)24(25)26/h6-9,11-12,14,21H,3-5,10,13,15H2,1-2H3,(H3,25,26)/t21-/m0/s1. The second-order valence-corrected chi connectivity index (χ2v) is 8.03.